The monoisotopic (exact) mass is 240 g/mol. The zero-order valence-corrected chi connectivity index (χ0v) is 10.7. The quantitative estimate of drug-likeness (QED) is 0.877. The van der Waals surface area contributed by atoms with Crippen LogP contribution in [0.3, 0.4) is 0 Å². The maximum Gasteiger partial charge on any atom is 0.251 e. The number of aromatic nitrogens is 2. The third-order valence-electron chi connectivity index (χ3n) is 3.39. The highest BCUT2D eigenvalue weighted by atomic mass is 16.1. The average molecular weight is 240 g/mol. The van der Waals surface area contributed by atoms with Gasteiger partial charge in [-0.1, -0.05) is 23.8 Å². The standard InChI is InChI=1S/C15H16N2O/c1-9-3-6-12(10(2)7-9)15-16-13(11-4-5-11)8-14(18)17-15/h3,6-8,11H,4-5H2,1-2H3,(H,16,17,18). The van der Waals surface area contributed by atoms with Crippen molar-refractivity contribution in [1.29, 1.82) is 0 Å². The first-order valence-electron chi connectivity index (χ1n) is 6.32. The molecule has 0 bridgehead atoms. The lowest BCUT2D eigenvalue weighted by molar-refractivity contribution is 0.975. The highest BCUT2D eigenvalue weighted by molar-refractivity contribution is 5.60. The summed E-state index contributed by atoms with van der Waals surface area (Å²) in [5.41, 5.74) is 4.26. The van der Waals surface area contributed by atoms with E-state index >= 15 is 0 Å². The molecule has 3 nitrogen and oxygen atoms in total. The van der Waals surface area contributed by atoms with E-state index in [4.69, 9.17) is 0 Å². The molecule has 1 aromatic heterocycles. The first-order valence-corrected chi connectivity index (χ1v) is 6.32. The third kappa shape index (κ3) is 2.08. The second-order valence-electron chi connectivity index (χ2n) is 5.11. The van der Waals surface area contributed by atoms with E-state index in [0.29, 0.717) is 11.7 Å². The van der Waals surface area contributed by atoms with Crippen molar-refractivity contribution in [3.05, 3.63) is 51.4 Å². The maximum atomic E-state index is 11.7. The number of rotatable bonds is 2. The van der Waals surface area contributed by atoms with Gasteiger partial charge in [-0.2, -0.15) is 0 Å². The lowest BCUT2D eigenvalue weighted by Gasteiger charge is -2.07. The molecular weight excluding hydrogens is 224 g/mol. The summed E-state index contributed by atoms with van der Waals surface area (Å²) in [4.78, 5) is 19.1. The smallest absolute Gasteiger partial charge is 0.251 e. The van der Waals surface area contributed by atoms with Gasteiger partial charge in [0.25, 0.3) is 5.56 Å². The van der Waals surface area contributed by atoms with Crippen LogP contribution in [0.5, 0.6) is 0 Å². The van der Waals surface area contributed by atoms with Gasteiger partial charge in [0.1, 0.15) is 5.82 Å². The molecule has 1 fully saturated rings. The highest BCUT2D eigenvalue weighted by Gasteiger charge is 2.26. The number of nitrogens with one attached hydrogen (secondary N) is 1. The van der Waals surface area contributed by atoms with E-state index in [9.17, 15) is 4.79 Å². The Morgan fingerprint density at radius 2 is 2.00 bits per heavy atom. The molecule has 1 aliphatic carbocycles. The van der Waals surface area contributed by atoms with E-state index in [0.717, 1.165) is 29.7 Å². The molecule has 0 radical (unpaired) electrons. The van der Waals surface area contributed by atoms with Gasteiger partial charge in [0.15, 0.2) is 0 Å². The number of hydrogen-bond donors (Lipinski definition) is 1. The highest BCUT2D eigenvalue weighted by Crippen LogP contribution is 2.38. The van der Waals surface area contributed by atoms with Gasteiger partial charge < -0.3 is 4.98 Å². The number of aryl methyl sites for hydroxylation is 2. The predicted octanol–water partition coefficient (Wildman–Crippen LogP) is 2.93. The van der Waals surface area contributed by atoms with Crippen molar-refractivity contribution in [2.75, 3.05) is 0 Å². The Bertz CT molecular complexity index is 654. The molecule has 2 aromatic rings. The van der Waals surface area contributed by atoms with E-state index in [2.05, 4.69) is 23.0 Å². The van der Waals surface area contributed by atoms with E-state index in [1.165, 1.54) is 5.56 Å². The van der Waals surface area contributed by atoms with Crippen LogP contribution in [0.25, 0.3) is 11.4 Å². The molecule has 1 saturated carbocycles. The molecule has 0 spiro atoms. The third-order valence-corrected chi connectivity index (χ3v) is 3.39. The number of nitrogens with zero attached hydrogens (tertiary/aromatic N) is 1. The van der Waals surface area contributed by atoms with Gasteiger partial charge >= 0.3 is 0 Å². The normalized spacial score (nSPS) is 14.8. The molecule has 1 aromatic carbocycles. The van der Waals surface area contributed by atoms with Gasteiger partial charge in [-0.05, 0) is 32.3 Å². The number of aromatic amines is 1. The van der Waals surface area contributed by atoms with Crippen LogP contribution in [0.15, 0.2) is 29.1 Å². The van der Waals surface area contributed by atoms with Gasteiger partial charge in [-0.15, -0.1) is 0 Å². The van der Waals surface area contributed by atoms with Gasteiger partial charge in [-0.3, -0.25) is 4.79 Å². The van der Waals surface area contributed by atoms with Crippen molar-refractivity contribution >= 4 is 0 Å². The molecule has 3 rings (SSSR count). The van der Waals surface area contributed by atoms with E-state index in [1.54, 1.807) is 6.07 Å². The molecule has 18 heavy (non-hydrogen) atoms. The van der Waals surface area contributed by atoms with Crippen LogP contribution in [-0.4, -0.2) is 9.97 Å². The minimum absolute atomic E-state index is 0.0538. The molecule has 0 atom stereocenters. The Morgan fingerprint density at radius 1 is 1.22 bits per heavy atom. The summed E-state index contributed by atoms with van der Waals surface area (Å²) in [5, 5.41) is 0. The van der Waals surface area contributed by atoms with Gasteiger partial charge in [0.05, 0.1) is 5.69 Å². The first kappa shape index (κ1) is 11.2. The van der Waals surface area contributed by atoms with Crippen molar-refractivity contribution in [1.82, 2.24) is 9.97 Å². The minimum Gasteiger partial charge on any atom is -0.307 e. The first-order chi connectivity index (χ1) is 8.63. The average Bonchev–Trinajstić information content (AvgIpc) is 3.11. The van der Waals surface area contributed by atoms with Gasteiger partial charge in [-0.25, -0.2) is 4.98 Å². The maximum absolute atomic E-state index is 11.7. The fourth-order valence-corrected chi connectivity index (χ4v) is 2.27. The van der Waals surface area contributed by atoms with Crippen molar-refractivity contribution in [3.8, 4) is 11.4 Å². The molecule has 1 aliphatic rings. The van der Waals surface area contributed by atoms with E-state index in [1.807, 2.05) is 19.1 Å². The van der Waals surface area contributed by atoms with E-state index in [-0.39, 0.29) is 5.56 Å². The van der Waals surface area contributed by atoms with Crippen molar-refractivity contribution in [3.63, 3.8) is 0 Å². The Hall–Kier alpha value is -1.90. The summed E-state index contributed by atoms with van der Waals surface area (Å²) in [7, 11) is 0. The molecule has 1 N–H and O–H groups in total. The molecular formula is C15H16N2O. The Kier molecular flexibility index (Phi) is 2.54. The fourth-order valence-electron chi connectivity index (χ4n) is 2.27. The summed E-state index contributed by atoms with van der Waals surface area (Å²) in [5.74, 6) is 1.19. The number of benzene rings is 1. The second kappa shape index (κ2) is 4.09. The zero-order chi connectivity index (χ0) is 12.7. The van der Waals surface area contributed by atoms with Crippen LogP contribution in [0.2, 0.25) is 0 Å². The molecule has 0 aliphatic heterocycles. The Balaban J connectivity index is 2.13. The lowest BCUT2D eigenvalue weighted by atomic mass is 10.1. The van der Waals surface area contributed by atoms with Crippen molar-refractivity contribution < 1.29 is 0 Å². The largest absolute Gasteiger partial charge is 0.307 e. The van der Waals surface area contributed by atoms with Crippen LogP contribution in [0, 0.1) is 13.8 Å². The molecule has 0 unspecified atom stereocenters. The molecule has 0 amide bonds. The minimum atomic E-state index is -0.0538. The summed E-state index contributed by atoms with van der Waals surface area (Å²) >= 11 is 0. The summed E-state index contributed by atoms with van der Waals surface area (Å²) in [6.45, 7) is 4.11. The second-order valence-corrected chi connectivity index (χ2v) is 5.11. The zero-order valence-electron chi connectivity index (χ0n) is 10.7. The number of H-pyrrole nitrogens is 1. The number of hydrogen-bond acceptors (Lipinski definition) is 2. The molecule has 1 heterocycles. The van der Waals surface area contributed by atoms with Gasteiger partial charge in [0, 0.05) is 17.5 Å². The Morgan fingerprint density at radius 3 is 2.67 bits per heavy atom. The molecule has 92 valence electrons. The topological polar surface area (TPSA) is 45.8 Å². The van der Waals surface area contributed by atoms with Crippen LogP contribution in [0.1, 0.15) is 35.6 Å². The van der Waals surface area contributed by atoms with Crippen LogP contribution in [-0.2, 0) is 0 Å². The van der Waals surface area contributed by atoms with Crippen LogP contribution >= 0.6 is 0 Å². The SMILES string of the molecule is Cc1ccc(-c2nc(C3CC3)cc(=O)[nH]2)c(C)c1. The molecule has 3 heteroatoms. The summed E-state index contributed by atoms with van der Waals surface area (Å²) in [6, 6.07) is 7.82. The van der Waals surface area contributed by atoms with Crippen LogP contribution < -0.4 is 5.56 Å². The van der Waals surface area contributed by atoms with Crippen LogP contribution in [0.4, 0.5) is 0 Å². The van der Waals surface area contributed by atoms with Gasteiger partial charge in [0.2, 0.25) is 0 Å². The Labute approximate surface area is 106 Å². The fraction of sp³-hybridized carbons (Fsp3) is 0.333. The summed E-state index contributed by atoms with van der Waals surface area (Å²) in [6.07, 6.45) is 2.31. The van der Waals surface area contributed by atoms with E-state index < -0.39 is 0 Å². The van der Waals surface area contributed by atoms with Crippen molar-refractivity contribution in [2.24, 2.45) is 0 Å². The lowest BCUT2D eigenvalue weighted by Crippen LogP contribution is -2.10. The predicted molar refractivity (Wildman–Crippen MR) is 71.7 cm³/mol. The molecule has 0 saturated heterocycles. The summed E-state index contributed by atoms with van der Waals surface area (Å²) < 4.78 is 0. The van der Waals surface area contributed by atoms with Crippen molar-refractivity contribution in [2.45, 2.75) is 32.6 Å².